The zero-order chi connectivity index (χ0) is 14.7. The van der Waals surface area contributed by atoms with Crippen LogP contribution in [0, 0.1) is 6.92 Å². The molecule has 1 aromatic carbocycles. The van der Waals surface area contributed by atoms with Gasteiger partial charge in [0.1, 0.15) is 11.4 Å². The molecule has 1 aromatic heterocycles. The van der Waals surface area contributed by atoms with Crippen LogP contribution < -0.4 is 5.73 Å². The maximum atomic E-state index is 11.8. The summed E-state index contributed by atoms with van der Waals surface area (Å²) in [5.74, 6) is 0.100. The first-order chi connectivity index (χ1) is 9.54. The van der Waals surface area contributed by atoms with E-state index in [2.05, 4.69) is 25.9 Å². The van der Waals surface area contributed by atoms with Crippen LogP contribution in [0.2, 0.25) is 0 Å². The number of aryl methyl sites for hydroxylation is 1. The Bertz CT molecular complexity index is 636. The molecule has 0 fully saturated rings. The summed E-state index contributed by atoms with van der Waals surface area (Å²) in [5.41, 5.74) is 7.42. The normalized spacial score (nSPS) is 10.3. The molecule has 0 radical (unpaired) electrons. The third-order valence-electron chi connectivity index (χ3n) is 2.71. The van der Waals surface area contributed by atoms with Crippen LogP contribution >= 0.6 is 15.9 Å². The Labute approximate surface area is 125 Å². The Balaban J connectivity index is 2.51. The van der Waals surface area contributed by atoms with Crippen LogP contribution in [-0.4, -0.2) is 22.5 Å². The number of hydrogen-bond acceptors (Lipinski definition) is 5. The maximum Gasteiger partial charge on any atom is 0.343 e. The predicted molar refractivity (Wildman–Crippen MR) is 80.3 cm³/mol. The van der Waals surface area contributed by atoms with E-state index in [1.54, 1.807) is 13.8 Å². The third-order valence-corrected chi connectivity index (χ3v) is 3.40. The zero-order valence-electron chi connectivity index (χ0n) is 11.2. The van der Waals surface area contributed by atoms with Gasteiger partial charge in [-0.05, 0) is 19.9 Å². The van der Waals surface area contributed by atoms with Crippen molar-refractivity contribution in [3.05, 3.63) is 40.0 Å². The van der Waals surface area contributed by atoms with Crippen molar-refractivity contribution in [2.45, 2.75) is 13.8 Å². The molecule has 0 atom stereocenters. The highest BCUT2D eigenvalue weighted by atomic mass is 79.9. The van der Waals surface area contributed by atoms with Crippen LogP contribution in [0.4, 0.5) is 5.82 Å². The third kappa shape index (κ3) is 2.80. The average Bonchev–Trinajstić information content (AvgIpc) is 2.38. The first-order valence-corrected chi connectivity index (χ1v) is 6.90. The molecule has 0 bridgehead atoms. The monoisotopic (exact) mass is 335 g/mol. The minimum atomic E-state index is -0.499. The second-order valence-electron chi connectivity index (χ2n) is 4.09. The molecule has 0 aliphatic carbocycles. The van der Waals surface area contributed by atoms with Gasteiger partial charge in [-0.3, -0.25) is 0 Å². The lowest BCUT2D eigenvalue weighted by Gasteiger charge is -2.10. The molecule has 0 unspecified atom stereocenters. The number of carbonyl (C=O) groups excluding carboxylic acids is 1. The standard InChI is InChI=1S/C14H14BrN3O2/c1-3-20-14(19)11-8(2)17-13(18-12(11)16)9-6-4-5-7-10(9)15/h4-7H,3H2,1-2H3,(H2,16,17,18). The van der Waals surface area contributed by atoms with Crippen molar-refractivity contribution in [2.24, 2.45) is 0 Å². The fourth-order valence-corrected chi connectivity index (χ4v) is 2.28. The highest BCUT2D eigenvalue weighted by Gasteiger charge is 2.19. The Morgan fingerprint density at radius 3 is 2.65 bits per heavy atom. The Kier molecular flexibility index (Phi) is 4.34. The molecule has 20 heavy (non-hydrogen) atoms. The summed E-state index contributed by atoms with van der Waals surface area (Å²) in [6, 6.07) is 7.55. The summed E-state index contributed by atoms with van der Waals surface area (Å²) < 4.78 is 5.81. The molecule has 104 valence electrons. The molecular formula is C14H14BrN3O2. The van der Waals surface area contributed by atoms with Gasteiger partial charge in [-0.1, -0.05) is 34.1 Å². The number of aromatic nitrogens is 2. The lowest BCUT2D eigenvalue weighted by molar-refractivity contribution is 0.0526. The van der Waals surface area contributed by atoms with Crippen LogP contribution in [0.25, 0.3) is 11.4 Å². The molecule has 0 spiro atoms. The van der Waals surface area contributed by atoms with E-state index in [1.807, 2.05) is 24.3 Å². The van der Waals surface area contributed by atoms with Crippen molar-refractivity contribution < 1.29 is 9.53 Å². The fourth-order valence-electron chi connectivity index (χ4n) is 1.81. The second kappa shape index (κ2) is 6.00. The number of halogens is 1. The van der Waals surface area contributed by atoms with Crippen LogP contribution in [0.3, 0.4) is 0 Å². The van der Waals surface area contributed by atoms with Crippen LogP contribution in [-0.2, 0) is 4.74 Å². The van der Waals surface area contributed by atoms with Crippen molar-refractivity contribution in [1.29, 1.82) is 0 Å². The largest absolute Gasteiger partial charge is 0.462 e. The molecule has 0 aliphatic heterocycles. The number of esters is 1. The van der Waals surface area contributed by atoms with Gasteiger partial charge in [-0.2, -0.15) is 0 Å². The molecule has 6 heteroatoms. The summed E-state index contributed by atoms with van der Waals surface area (Å²) in [7, 11) is 0. The minimum Gasteiger partial charge on any atom is -0.462 e. The minimum absolute atomic E-state index is 0.127. The zero-order valence-corrected chi connectivity index (χ0v) is 12.8. The van der Waals surface area contributed by atoms with Crippen molar-refractivity contribution in [1.82, 2.24) is 9.97 Å². The number of anilines is 1. The highest BCUT2D eigenvalue weighted by molar-refractivity contribution is 9.10. The van der Waals surface area contributed by atoms with Gasteiger partial charge in [0.15, 0.2) is 5.82 Å². The second-order valence-corrected chi connectivity index (χ2v) is 4.95. The van der Waals surface area contributed by atoms with Gasteiger partial charge in [-0.25, -0.2) is 14.8 Å². The van der Waals surface area contributed by atoms with Crippen LogP contribution in [0.1, 0.15) is 23.0 Å². The van der Waals surface area contributed by atoms with Gasteiger partial charge in [-0.15, -0.1) is 0 Å². The summed E-state index contributed by atoms with van der Waals surface area (Å²) >= 11 is 3.44. The summed E-state index contributed by atoms with van der Waals surface area (Å²) in [4.78, 5) is 20.4. The van der Waals surface area contributed by atoms with Gasteiger partial charge in [0.2, 0.25) is 0 Å². The van der Waals surface area contributed by atoms with Crippen molar-refractivity contribution in [2.75, 3.05) is 12.3 Å². The molecule has 2 aromatic rings. The number of ether oxygens (including phenoxy) is 1. The molecule has 0 saturated carbocycles. The molecule has 2 N–H and O–H groups in total. The summed E-state index contributed by atoms with van der Waals surface area (Å²) in [5, 5.41) is 0. The number of nitrogens with two attached hydrogens (primary N) is 1. The Hall–Kier alpha value is -1.95. The lowest BCUT2D eigenvalue weighted by atomic mass is 10.1. The number of carbonyl (C=O) groups is 1. The van der Waals surface area contributed by atoms with Crippen molar-refractivity contribution in [3.63, 3.8) is 0 Å². The van der Waals surface area contributed by atoms with E-state index in [9.17, 15) is 4.79 Å². The van der Waals surface area contributed by atoms with E-state index in [1.165, 1.54) is 0 Å². The molecular weight excluding hydrogens is 322 g/mol. The molecule has 2 rings (SSSR count). The number of nitrogen functional groups attached to an aromatic ring is 1. The maximum absolute atomic E-state index is 11.8. The molecule has 1 heterocycles. The van der Waals surface area contributed by atoms with Crippen molar-refractivity contribution in [3.8, 4) is 11.4 Å². The first kappa shape index (κ1) is 14.5. The quantitative estimate of drug-likeness (QED) is 0.872. The lowest BCUT2D eigenvalue weighted by Crippen LogP contribution is -2.13. The number of hydrogen-bond donors (Lipinski definition) is 1. The SMILES string of the molecule is CCOC(=O)c1c(C)nc(-c2ccccc2Br)nc1N. The molecule has 0 saturated heterocycles. The van der Waals surface area contributed by atoms with Crippen LogP contribution in [0.5, 0.6) is 0 Å². The Morgan fingerprint density at radius 1 is 1.35 bits per heavy atom. The van der Waals surface area contributed by atoms with Gasteiger partial charge in [0, 0.05) is 10.0 Å². The topological polar surface area (TPSA) is 78.1 Å². The van der Waals surface area contributed by atoms with E-state index < -0.39 is 5.97 Å². The molecule has 0 amide bonds. The van der Waals surface area contributed by atoms with E-state index in [0.717, 1.165) is 10.0 Å². The fraction of sp³-hybridized carbons (Fsp3) is 0.214. The number of rotatable bonds is 3. The predicted octanol–water partition coefficient (Wildman–Crippen LogP) is 2.97. The number of benzene rings is 1. The van der Waals surface area contributed by atoms with E-state index >= 15 is 0 Å². The van der Waals surface area contributed by atoms with Gasteiger partial charge in [0.05, 0.1) is 12.3 Å². The van der Waals surface area contributed by atoms with Crippen molar-refractivity contribution >= 4 is 27.7 Å². The van der Waals surface area contributed by atoms with E-state index in [-0.39, 0.29) is 18.0 Å². The Morgan fingerprint density at radius 2 is 2.05 bits per heavy atom. The average molecular weight is 336 g/mol. The summed E-state index contributed by atoms with van der Waals surface area (Å²) in [6.45, 7) is 3.73. The summed E-state index contributed by atoms with van der Waals surface area (Å²) in [6.07, 6.45) is 0. The van der Waals surface area contributed by atoms with E-state index in [0.29, 0.717) is 11.5 Å². The highest BCUT2D eigenvalue weighted by Crippen LogP contribution is 2.27. The van der Waals surface area contributed by atoms with Gasteiger partial charge in [0.25, 0.3) is 0 Å². The first-order valence-electron chi connectivity index (χ1n) is 6.10. The van der Waals surface area contributed by atoms with E-state index in [4.69, 9.17) is 10.5 Å². The smallest absolute Gasteiger partial charge is 0.343 e. The van der Waals surface area contributed by atoms with Gasteiger partial charge >= 0.3 is 5.97 Å². The molecule has 0 aliphatic rings. The van der Waals surface area contributed by atoms with Gasteiger partial charge < -0.3 is 10.5 Å². The molecule has 5 nitrogen and oxygen atoms in total. The number of nitrogens with zero attached hydrogens (tertiary/aromatic N) is 2. The van der Waals surface area contributed by atoms with Crippen LogP contribution in [0.15, 0.2) is 28.7 Å².